The minimum atomic E-state index is 0.112. The number of carbonyl (C=O) groups is 1. The average molecular weight is 277 g/mol. The van der Waals surface area contributed by atoms with Crippen LogP contribution in [0.2, 0.25) is 0 Å². The van der Waals surface area contributed by atoms with E-state index >= 15 is 0 Å². The predicted molar refractivity (Wildman–Crippen MR) is 81.8 cm³/mol. The molecule has 1 fully saturated rings. The predicted octanol–water partition coefficient (Wildman–Crippen LogP) is 4.02. The van der Waals surface area contributed by atoms with E-state index in [0.29, 0.717) is 11.5 Å². The van der Waals surface area contributed by atoms with Gasteiger partial charge in [0.2, 0.25) is 0 Å². The van der Waals surface area contributed by atoms with E-state index in [4.69, 9.17) is 0 Å². The summed E-state index contributed by atoms with van der Waals surface area (Å²) in [6.45, 7) is 4.63. The van der Waals surface area contributed by atoms with E-state index in [1.54, 1.807) is 0 Å². The monoisotopic (exact) mass is 277 g/mol. The molecular weight excluding hydrogens is 254 g/mol. The summed E-state index contributed by atoms with van der Waals surface area (Å²) >= 11 is 4.30. The molecule has 2 rings (SSSR count). The lowest BCUT2D eigenvalue weighted by atomic mass is 9.75. The van der Waals surface area contributed by atoms with Gasteiger partial charge < -0.3 is 4.90 Å². The van der Waals surface area contributed by atoms with Crippen molar-refractivity contribution in [2.24, 2.45) is 5.41 Å². The highest BCUT2D eigenvalue weighted by molar-refractivity contribution is 7.80. The molecule has 19 heavy (non-hydrogen) atoms. The lowest BCUT2D eigenvalue weighted by molar-refractivity contribution is 0.0635. The van der Waals surface area contributed by atoms with Crippen molar-refractivity contribution in [3.63, 3.8) is 0 Å². The van der Waals surface area contributed by atoms with Gasteiger partial charge in [-0.1, -0.05) is 19.9 Å². The Bertz CT molecular complexity index is 460. The summed E-state index contributed by atoms with van der Waals surface area (Å²) in [4.78, 5) is 15.2. The van der Waals surface area contributed by atoms with Crippen LogP contribution in [0.1, 0.15) is 49.9 Å². The lowest BCUT2D eigenvalue weighted by Crippen LogP contribution is -2.40. The third-order valence-corrected chi connectivity index (χ3v) is 4.55. The van der Waals surface area contributed by atoms with Crippen LogP contribution in [0.25, 0.3) is 0 Å². The molecule has 0 bridgehead atoms. The van der Waals surface area contributed by atoms with Crippen molar-refractivity contribution in [1.29, 1.82) is 0 Å². The van der Waals surface area contributed by atoms with Crippen molar-refractivity contribution in [2.75, 3.05) is 7.05 Å². The summed E-state index contributed by atoms with van der Waals surface area (Å²) in [5, 5.41) is 0. The molecule has 0 aliphatic heterocycles. The molecule has 0 radical (unpaired) electrons. The molecule has 0 unspecified atom stereocenters. The topological polar surface area (TPSA) is 20.3 Å². The number of benzene rings is 1. The van der Waals surface area contributed by atoms with Crippen molar-refractivity contribution in [2.45, 2.75) is 50.5 Å². The SMILES string of the molecule is CN(C(=O)c1cccc(S)c1)C1CCC(C)(C)CC1. The first-order valence-corrected chi connectivity index (χ1v) is 7.40. The third-order valence-electron chi connectivity index (χ3n) is 4.27. The number of hydrogen-bond donors (Lipinski definition) is 1. The quantitative estimate of drug-likeness (QED) is 0.810. The molecular formula is C16H23NOS. The fraction of sp³-hybridized carbons (Fsp3) is 0.562. The van der Waals surface area contributed by atoms with Crippen LogP contribution >= 0.6 is 12.6 Å². The lowest BCUT2D eigenvalue weighted by Gasteiger charge is -2.38. The van der Waals surface area contributed by atoms with Crippen LogP contribution in [-0.2, 0) is 0 Å². The first-order chi connectivity index (χ1) is 8.89. The Balaban J connectivity index is 2.04. The van der Waals surface area contributed by atoms with Crippen molar-refractivity contribution >= 4 is 18.5 Å². The van der Waals surface area contributed by atoms with E-state index in [-0.39, 0.29) is 5.91 Å². The normalized spacial score (nSPS) is 19.2. The zero-order valence-corrected chi connectivity index (χ0v) is 12.9. The number of thiol groups is 1. The van der Waals surface area contributed by atoms with Gasteiger partial charge in [-0.3, -0.25) is 4.79 Å². The molecule has 0 saturated heterocycles. The Labute approximate surface area is 121 Å². The molecule has 1 aromatic rings. The Morgan fingerprint density at radius 3 is 2.53 bits per heavy atom. The van der Waals surface area contributed by atoms with Crippen LogP contribution in [0, 0.1) is 5.41 Å². The van der Waals surface area contributed by atoms with Crippen molar-refractivity contribution < 1.29 is 4.79 Å². The smallest absolute Gasteiger partial charge is 0.253 e. The molecule has 1 aliphatic rings. The maximum Gasteiger partial charge on any atom is 0.253 e. The number of carbonyl (C=O) groups excluding carboxylic acids is 1. The van der Waals surface area contributed by atoms with E-state index in [9.17, 15) is 4.79 Å². The molecule has 3 heteroatoms. The van der Waals surface area contributed by atoms with E-state index in [0.717, 1.165) is 23.3 Å². The summed E-state index contributed by atoms with van der Waals surface area (Å²) in [5.41, 5.74) is 1.17. The second-order valence-electron chi connectivity index (χ2n) is 6.36. The molecule has 1 aromatic carbocycles. The van der Waals surface area contributed by atoms with Gasteiger partial charge in [-0.05, 0) is 49.3 Å². The second-order valence-corrected chi connectivity index (χ2v) is 6.88. The molecule has 1 amide bonds. The Morgan fingerprint density at radius 2 is 1.95 bits per heavy atom. The summed E-state index contributed by atoms with van der Waals surface area (Å²) in [6, 6.07) is 7.86. The molecule has 104 valence electrons. The summed E-state index contributed by atoms with van der Waals surface area (Å²) in [5.74, 6) is 0.112. The van der Waals surface area contributed by atoms with Gasteiger partial charge >= 0.3 is 0 Å². The zero-order valence-electron chi connectivity index (χ0n) is 12.0. The highest BCUT2D eigenvalue weighted by atomic mass is 32.1. The van der Waals surface area contributed by atoms with Crippen LogP contribution in [-0.4, -0.2) is 23.9 Å². The van der Waals surface area contributed by atoms with Gasteiger partial charge in [0.1, 0.15) is 0 Å². The van der Waals surface area contributed by atoms with Gasteiger partial charge in [0, 0.05) is 23.5 Å². The van der Waals surface area contributed by atoms with Crippen LogP contribution in [0.5, 0.6) is 0 Å². The first-order valence-electron chi connectivity index (χ1n) is 6.95. The number of nitrogens with zero attached hydrogens (tertiary/aromatic N) is 1. The highest BCUT2D eigenvalue weighted by Gasteiger charge is 2.30. The van der Waals surface area contributed by atoms with Gasteiger partial charge in [-0.25, -0.2) is 0 Å². The van der Waals surface area contributed by atoms with E-state index in [1.165, 1.54) is 12.8 Å². The standard InChI is InChI=1S/C16H23NOS/c1-16(2)9-7-13(8-10-16)17(3)15(18)12-5-4-6-14(19)11-12/h4-6,11,13,19H,7-10H2,1-3H3. The van der Waals surface area contributed by atoms with Crippen molar-refractivity contribution in [3.05, 3.63) is 29.8 Å². The molecule has 0 atom stereocenters. The summed E-state index contributed by atoms with van der Waals surface area (Å²) in [6.07, 6.45) is 4.61. The molecule has 1 aliphatic carbocycles. The zero-order chi connectivity index (χ0) is 14.0. The van der Waals surface area contributed by atoms with Gasteiger partial charge in [0.25, 0.3) is 5.91 Å². The molecule has 0 heterocycles. The summed E-state index contributed by atoms with van der Waals surface area (Å²) < 4.78 is 0. The van der Waals surface area contributed by atoms with Gasteiger partial charge in [-0.15, -0.1) is 12.6 Å². The minimum absolute atomic E-state index is 0.112. The van der Waals surface area contributed by atoms with Crippen LogP contribution in [0.4, 0.5) is 0 Å². The molecule has 1 saturated carbocycles. The minimum Gasteiger partial charge on any atom is -0.339 e. The molecule has 0 aromatic heterocycles. The van der Waals surface area contributed by atoms with E-state index in [2.05, 4.69) is 26.5 Å². The van der Waals surface area contributed by atoms with E-state index in [1.807, 2.05) is 36.2 Å². The summed E-state index contributed by atoms with van der Waals surface area (Å²) in [7, 11) is 1.93. The maximum atomic E-state index is 12.4. The Morgan fingerprint density at radius 1 is 1.32 bits per heavy atom. The first kappa shape index (κ1) is 14.4. The fourth-order valence-corrected chi connectivity index (χ4v) is 3.00. The second kappa shape index (κ2) is 5.58. The largest absolute Gasteiger partial charge is 0.339 e. The van der Waals surface area contributed by atoms with Crippen LogP contribution < -0.4 is 0 Å². The van der Waals surface area contributed by atoms with E-state index < -0.39 is 0 Å². The number of amides is 1. The maximum absolute atomic E-state index is 12.4. The fourth-order valence-electron chi connectivity index (χ4n) is 2.78. The van der Waals surface area contributed by atoms with Crippen molar-refractivity contribution in [3.8, 4) is 0 Å². The van der Waals surface area contributed by atoms with Gasteiger partial charge in [0.15, 0.2) is 0 Å². The Hall–Kier alpha value is -0.960. The highest BCUT2D eigenvalue weighted by Crippen LogP contribution is 2.36. The van der Waals surface area contributed by atoms with Crippen LogP contribution in [0.15, 0.2) is 29.2 Å². The molecule has 2 nitrogen and oxygen atoms in total. The van der Waals surface area contributed by atoms with Crippen LogP contribution in [0.3, 0.4) is 0 Å². The molecule has 0 spiro atoms. The molecule has 0 N–H and O–H groups in total. The third kappa shape index (κ3) is 3.53. The Kier molecular flexibility index (Phi) is 4.24. The van der Waals surface area contributed by atoms with Gasteiger partial charge in [-0.2, -0.15) is 0 Å². The van der Waals surface area contributed by atoms with Gasteiger partial charge in [0.05, 0.1) is 0 Å². The van der Waals surface area contributed by atoms with Crippen molar-refractivity contribution in [1.82, 2.24) is 4.90 Å². The number of hydrogen-bond acceptors (Lipinski definition) is 2. The number of rotatable bonds is 2. The average Bonchev–Trinajstić information content (AvgIpc) is 2.37.